The molecule has 0 amide bonds. The van der Waals surface area contributed by atoms with Gasteiger partial charge in [0.1, 0.15) is 11.6 Å². The lowest BCUT2D eigenvalue weighted by Crippen LogP contribution is -1.78. The van der Waals surface area contributed by atoms with Gasteiger partial charge in [-0.15, -0.1) is 0 Å². The SMILES string of the molecule is Fc1cccc2c1c1c(F)cccc1n2I. The van der Waals surface area contributed by atoms with E-state index in [2.05, 4.69) is 0 Å². The van der Waals surface area contributed by atoms with Crippen molar-refractivity contribution in [2.24, 2.45) is 0 Å². The molecular formula is C12H6F2IN. The van der Waals surface area contributed by atoms with Gasteiger partial charge in [0.25, 0.3) is 0 Å². The highest BCUT2D eigenvalue weighted by Gasteiger charge is 2.15. The molecule has 0 saturated carbocycles. The molecule has 1 heterocycles. The molecule has 0 N–H and O–H groups in total. The molecule has 0 spiro atoms. The van der Waals surface area contributed by atoms with Crippen molar-refractivity contribution in [2.45, 2.75) is 0 Å². The van der Waals surface area contributed by atoms with Gasteiger partial charge in [-0.25, -0.2) is 8.78 Å². The monoisotopic (exact) mass is 329 g/mol. The average Bonchev–Trinajstić information content (AvgIpc) is 2.56. The zero-order valence-electron chi connectivity index (χ0n) is 8.05. The average molecular weight is 329 g/mol. The fraction of sp³-hybridized carbons (Fsp3) is 0. The van der Waals surface area contributed by atoms with Gasteiger partial charge >= 0.3 is 0 Å². The zero-order chi connectivity index (χ0) is 11.3. The quantitative estimate of drug-likeness (QED) is 0.543. The lowest BCUT2D eigenvalue weighted by Gasteiger charge is -1.94. The van der Waals surface area contributed by atoms with E-state index >= 15 is 0 Å². The molecule has 16 heavy (non-hydrogen) atoms. The van der Waals surface area contributed by atoms with Gasteiger partial charge in [0.05, 0.1) is 33.9 Å². The van der Waals surface area contributed by atoms with Crippen molar-refractivity contribution in [3.05, 3.63) is 48.0 Å². The third-order valence-corrected chi connectivity index (χ3v) is 3.70. The molecule has 0 radical (unpaired) electrons. The number of hydrogen-bond donors (Lipinski definition) is 0. The first-order valence-electron chi connectivity index (χ1n) is 4.73. The largest absolute Gasteiger partial charge is 0.282 e. The molecule has 0 bridgehead atoms. The van der Waals surface area contributed by atoms with Gasteiger partial charge < -0.3 is 0 Å². The Labute approximate surface area is 104 Å². The number of hydrogen-bond acceptors (Lipinski definition) is 0. The summed E-state index contributed by atoms with van der Waals surface area (Å²) < 4.78 is 29.2. The summed E-state index contributed by atoms with van der Waals surface area (Å²) in [5.74, 6) is -0.772. The Bertz CT molecular complexity index is 644. The van der Waals surface area contributed by atoms with Gasteiger partial charge in [0.15, 0.2) is 0 Å². The predicted octanol–water partition coefficient (Wildman–Crippen LogP) is 4.27. The molecule has 0 aliphatic carbocycles. The lowest BCUT2D eigenvalue weighted by atomic mass is 10.1. The minimum atomic E-state index is -0.386. The van der Waals surface area contributed by atoms with Crippen molar-refractivity contribution in [1.82, 2.24) is 2.78 Å². The van der Waals surface area contributed by atoms with Crippen LogP contribution in [-0.2, 0) is 0 Å². The van der Waals surface area contributed by atoms with Gasteiger partial charge in [-0.1, -0.05) is 12.1 Å². The Kier molecular flexibility index (Phi) is 2.14. The van der Waals surface area contributed by atoms with E-state index in [4.69, 9.17) is 0 Å². The number of halogens is 3. The van der Waals surface area contributed by atoms with Crippen LogP contribution in [0.5, 0.6) is 0 Å². The van der Waals surface area contributed by atoms with E-state index in [1.807, 2.05) is 22.9 Å². The molecule has 0 saturated heterocycles. The molecule has 0 aliphatic rings. The van der Waals surface area contributed by atoms with Crippen molar-refractivity contribution in [3.63, 3.8) is 0 Å². The second kappa shape index (κ2) is 3.41. The number of aromatic nitrogens is 1. The van der Waals surface area contributed by atoms with Gasteiger partial charge in [0.2, 0.25) is 0 Å². The Morgan fingerprint density at radius 3 is 1.69 bits per heavy atom. The van der Waals surface area contributed by atoms with Gasteiger partial charge in [-0.2, -0.15) is 0 Å². The van der Waals surface area contributed by atoms with E-state index in [-0.39, 0.29) is 11.6 Å². The molecule has 1 aromatic heterocycles. The van der Waals surface area contributed by atoms with Crippen LogP contribution >= 0.6 is 22.9 Å². The zero-order valence-corrected chi connectivity index (χ0v) is 10.2. The van der Waals surface area contributed by atoms with Crippen LogP contribution in [0.3, 0.4) is 0 Å². The van der Waals surface area contributed by atoms with Crippen LogP contribution in [0.15, 0.2) is 36.4 Å². The second-order valence-corrected chi connectivity index (χ2v) is 4.51. The molecular weight excluding hydrogens is 323 g/mol. The molecule has 0 unspecified atom stereocenters. The van der Waals surface area contributed by atoms with Crippen molar-refractivity contribution in [3.8, 4) is 0 Å². The first kappa shape index (κ1) is 10.0. The highest BCUT2D eigenvalue weighted by molar-refractivity contribution is 14.1. The predicted molar refractivity (Wildman–Crippen MR) is 68.8 cm³/mol. The summed E-state index contributed by atoms with van der Waals surface area (Å²) in [5.41, 5.74) is 1.39. The van der Waals surface area contributed by atoms with Crippen molar-refractivity contribution >= 4 is 44.7 Å². The Hall–Kier alpha value is -1.17. The van der Waals surface area contributed by atoms with Crippen molar-refractivity contribution in [2.75, 3.05) is 0 Å². The molecule has 80 valence electrons. The highest BCUT2D eigenvalue weighted by atomic mass is 127. The third kappa shape index (κ3) is 1.19. The minimum Gasteiger partial charge on any atom is -0.282 e. The van der Waals surface area contributed by atoms with E-state index in [1.165, 1.54) is 12.1 Å². The molecule has 4 heteroatoms. The van der Waals surface area contributed by atoms with Crippen LogP contribution < -0.4 is 0 Å². The normalized spacial score (nSPS) is 11.4. The maximum Gasteiger partial charge on any atom is 0.133 e. The molecule has 0 atom stereocenters. The summed E-state index contributed by atoms with van der Waals surface area (Å²) in [7, 11) is 0. The van der Waals surface area contributed by atoms with E-state index in [1.54, 1.807) is 27.0 Å². The van der Waals surface area contributed by atoms with Crippen LogP contribution in [-0.4, -0.2) is 2.78 Å². The van der Waals surface area contributed by atoms with E-state index < -0.39 is 0 Å². The number of fused-ring (bicyclic) bond motifs is 3. The van der Waals surface area contributed by atoms with E-state index in [9.17, 15) is 8.78 Å². The maximum absolute atomic E-state index is 13.7. The smallest absolute Gasteiger partial charge is 0.133 e. The topological polar surface area (TPSA) is 4.93 Å². The fourth-order valence-corrected chi connectivity index (χ4v) is 2.78. The molecule has 1 nitrogen and oxygen atoms in total. The number of nitrogens with zero attached hydrogens (tertiary/aromatic N) is 1. The summed E-state index contributed by atoms with van der Waals surface area (Å²) in [6, 6.07) is 9.53. The first-order chi connectivity index (χ1) is 7.70. The van der Waals surface area contributed by atoms with Gasteiger partial charge in [-0.05, 0) is 24.3 Å². The first-order valence-corrected chi connectivity index (χ1v) is 5.70. The maximum atomic E-state index is 13.7. The van der Waals surface area contributed by atoms with E-state index in [0.717, 1.165) is 0 Å². The van der Waals surface area contributed by atoms with Gasteiger partial charge in [0, 0.05) is 10.8 Å². The van der Waals surface area contributed by atoms with Crippen LogP contribution in [0.1, 0.15) is 0 Å². The van der Waals surface area contributed by atoms with Crippen LogP contribution in [0.2, 0.25) is 0 Å². The van der Waals surface area contributed by atoms with Crippen molar-refractivity contribution < 1.29 is 8.78 Å². The van der Waals surface area contributed by atoms with Crippen LogP contribution in [0.25, 0.3) is 21.8 Å². The van der Waals surface area contributed by atoms with Gasteiger partial charge in [-0.3, -0.25) is 2.78 Å². The summed E-state index contributed by atoms with van der Waals surface area (Å²) in [6.45, 7) is 0. The van der Waals surface area contributed by atoms with Crippen LogP contribution in [0.4, 0.5) is 8.78 Å². The molecule has 0 fully saturated rings. The minimum absolute atomic E-state index is 0.352. The van der Waals surface area contributed by atoms with Crippen LogP contribution in [0, 0.1) is 11.6 Å². The molecule has 3 aromatic rings. The standard InChI is InChI=1S/C12H6F2IN/c13-7-3-1-5-9-11(7)12-8(14)4-2-6-10(12)16(9)15/h1-6H. The summed E-state index contributed by atoms with van der Waals surface area (Å²) in [6.07, 6.45) is 0. The third-order valence-electron chi connectivity index (χ3n) is 2.66. The molecule has 2 aromatic carbocycles. The second-order valence-electron chi connectivity index (χ2n) is 3.55. The highest BCUT2D eigenvalue weighted by Crippen LogP contribution is 2.33. The number of rotatable bonds is 0. The molecule has 0 aliphatic heterocycles. The molecule has 3 rings (SSSR count). The lowest BCUT2D eigenvalue weighted by molar-refractivity contribution is 0.632. The summed E-state index contributed by atoms with van der Waals surface area (Å²) >= 11 is 2.05. The van der Waals surface area contributed by atoms with E-state index in [0.29, 0.717) is 21.8 Å². The summed E-state index contributed by atoms with van der Waals surface area (Å²) in [4.78, 5) is 0. The summed E-state index contributed by atoms with van der Waals surface area (Å²) in [5, 5.41) is 0.704. The Morgan fingerprint density at radius 1 is 0.812 bits per heavy atom. The number of benzene rings is 2. The van der Waals surface area contributed by atoms with Crippen molar-refractivity contribution in [1.29, 1.82) is 0 Å². The fourth-order valence-electron chi connectivity index (χ4n) is 1.98. The Morgan fingerprint density at radius 2 is 1.25 bits per heavy atom. The Balaban J connectivity index is 2.73.